The van der Waals surface area contributed by atoms with Crippen LogP contribution in [0.3, 0.4) is 0 Å². The summed E-state index contributed by atoms with van der Waals surface area (Å²) in [6.07, 6.45) is 0.510. The molecule has 2 aromatic rings. The monoisotopic (exact) mass is 414 g/mol. The van der Waals surface area contributed by atoms with Crippen molar-refractivity contribution in [2.24, 2.45) is 0 Å². The summed E-state index contributed by atoms with van der Waals surface area (Å²) in [6, 6.07) is 6.00. The summed E-state index contributed by atoms with van der Waals surface area (Å²) in [5.41, 5.74) is 1.59. The van der Waals surface area contributed by atoms with Crippen molar-refractivity contribution < 1.29 is 23.5 Å². The van der Waals surface area contributed by atoms with Crippen LogP contribution in [0.25, 0.3) is 11.1 Å². The van der Waals surface area contributed by atoms with Gasteiger partial charge in [-0.3, -0.25) is 14.9 Å². The normalized spacial score (nSPS) is 20.4. The van der Waals surface area contributed by atoms with Crippen molar-refractivity contribution in [2.45, 2.75) is 45.1 Å². The van der Waals surface area contributed by atoms with Gasteiger partial charge in [-0.05, 0) is 44.9 Å². The zero-order valence-electron chi connectivity index (χ0n) is 17.4. The largest absolute Gasteiger partial charge is 0.444 e. The maximum absolute atomic E-state index is 12.2. The molecule has 0 aliphatic carbocycles. The number of amides is 3. The van der Waals surface area contributed by atoms with Crippen molar-refractivity contribution in [1.82, 2.24) is 15.2 Å². The molecule has 2 aliphatic rings. The van der Waals surface area contributed by atoms with Crippen LogP contribution in [-0.2, 0) is 14.3 Å². The van der Waals surface area contributed by atoms with Gasteiger partial charge in [0.25, 0.3) is 6.01 Å². The van der Waals surface area contributed by atoms with Crippen molar-refractivity contribution in [1.29, 1.82) is 0 Å². The third-order valence-electron chi connectivity index (χ3n) is 5.24. The van der Waals surface area contributed by atoms with Crippen molar-refractivity contribution in [3.63, 3.8) is 0 Å². The number of imide groups is 1. The molecule has 1 N–H and O–H groups in total. The number of nitrogens with one attached hydrogen (secondary N) is 1. The van der Waals surface area contributed by atoms with Crippen molar-refractivity contribution in [3.05, 3.63) is 23.8 Å². The summed E-state index contributed by atoms with van der Waals surface area (Å²) in [5.74, 6) is -0.869. The number of carbonyl (C=O) groups is 3. The lowest BCUT2D eigenvalue weighted by Crippen LogP contribution is -2.50. The highest BCUT2D eigenvalue weighted by molar-refractivity contribution is 6.01. The number of benzene rings is 1. The van der Waals surface area contributed by atoms with Gasteiger partial charge < -0.3 is 19.0 Å². The van der Waals surface area contributed by atoms with E-state index in [0.717, 1.165) is 5.56 Å². The SMILES string of the molecule is CC(C)(C)OC(=O)N1CCN(c2nc3ccc(C4CCC(=O)NC4=O)cc3o2)CC1. The summed E-state index contributed by atoms with van der Waals surface area (Å²) >= 11 is 0. The molecule has 1 aromatic heterocycles. The van der Waals surface area contributed by atoms with Crippen LogP contribution < -0.4 is 10.2 Å². The number of piperidine rings is 1. The number of rotatable bonds is 2. The Hall–Kier alpha value is -3.10. The van der Waals surface area contributed by atoms with E-state index in [1.54, 1.807) is 4.90 Å². The Morgan fingerprint density at radius 3 is 2.60 bits per heavy atom. The molecule has 160 valence electrons. The van der Waals surface area contributed by atoms with Gasteiger partial charge in [-0.1, -0.05) is 6.07 Å². The van der Waals surface area contributed by atoms with E-state index in [9.17, 15) is 14.4 Å². The molecule has 9 heteroatoms. The van der Waals surface area contributed by atoms with Gasteiger partial charge in [-0.2, -0.15) is 4.98 Å². The maximum atomic E-state index is 12.2. The highest BCUT2D eigenvalue weighted by Gasteiger charge is 2.30. The van der Waals surface area contributed by atoms with Gasteiger partial charge >= 0.3 is 6.09 Å². The molecule has 2 saturated heterocycles. The van der Waals surface area contributed by atoms with Gasteiger partial charge in [-0.25, -0.2) is 4.79 Å². The molecule has 2 aliphatic heterocycles. The van der Waals surface area contributed by atoms with E-state index in [2.05, 4.69) is 10.3 Å². The second-order valence-corrected chi connectivity index (χ2v) is 8.68. The van der Waals surface area contributed by atoms with E-state index in [-0.39, 0.29) is 23.8 Å². The second-order valence-electron chi connectivity index (χ2n) is 8.68. The number of hydrogen-bond donors (Lipinski definition) is 1. The van der Waals surface area contributed by atoms with Crippen LogP contribution in [0.4, 0.5) is 10.8 Å². The fourth-order valence-corrected chi connectivity index (χ4v) is 3.70. The van der Waals surface area contributed by atoms with Gasteiger partial charge in [0.15, 0.2) is 5.58 Å². The average molecular weight is 414 g/mol. The molecular weight excluding hydrogens is 388 g/mol. The standard InChI is InChI=1S/C21H26N4O5/c1-21(2,3)30-20(28)25-10-8-24(9-11-25)19-22-15-6-4-13(12-16(15)29-19)14-5-7-17(26)23-18(14)27/h4,6,12,14H,5,7-11H2,1-3H3,(H,23,26,27). The first-order valence-electron chi connectivity index (χ1n) is 10.2. The number of carbonyl (C=O) groups excluding carboxylic acids is 3. The lowest BCUT2D eigenvalue weighted by atomic mass is 9.90. The van der Waals surface area contributed by atoms with Crippen LogP contribution in [0.1, 0.15) is 45.1 Å². The molecule has 1 atom stereocenters. The second kappa shape index (κ2) is 7.62. The Morgan fingerprint density at radius 2 is 1.93 bits per heavy atom. The van der Waals surface area contributed by atoms with Gasteiger partial charge in [0.05, 0.1) is 5.92 Å². The Kier molecular flexibility index (Phi) is 5.13. The number of fused-ring (bicyclic) bond motifs is 1. The first-order valence-corrected chi connectivity index (χ1v) is 10.2. The van der Waals surface area contributed by atoms with E-state index < -0.39 is 5.60 Å². The summed E-state index contributed by atoms with van der Waals surface area (Å²) in [6.45, 7) is 7.77. The maximum Gasteiger partial charge on any atom is 0.410 e. The van der Waals surface area contributed by atoms with Crippen molar-refractivity contribution in [2.75, 3.05) is 31.1 Å². The minimum absolute atomic E-state index is 0.232. The first kappa shape index (κ1) is 20.2. The molecule has 2 fully saturated rings. The Bertz CT molecular complexity index is 985. The minimum atomic E-state index is -0.519. The van der Waals surface area contributed by atoms with Gasteiger partial charge in [-0.15, -0.1) is 0 Å². The fourth-order valence-electron chi connectivity index (χ4n) is 3.70. The predicted octanol–water partition coefficient (Wildman–Crippen LogP) is 2.41. The van der Waals surface area contributed by atoms with Gasteiger partial charge in [0.2, 0.25) is 11.8 Å². The lowest BCUT2D eigenvalue weighted by Gasteiger charge is -2.34. The van der Waals surface area contributed by atoms with Crippen molar-refractivity contribution in [3.8, 4) is 0 Å². The van der Waals surface area contributed by atoms with Crippen LogP contribution in [0.5, 0.6) is 0 Å². The Labute approximate surface area is 174 Å². The molecule has 0 radical (unpaired) electrons. The fraction of sp³-hybridized carbons (Fsp3) is 0.524. The van der Waals surface area contributed by atoms with E-state index in [1.807, 2.05) is 43.9 Å². The van der Waals surface area contributed by atoms with Gasteiger partial charge in [0.1, 0.15) is 11.1 Å². The van der Waals surface area contributed by atoms with E-state index in [0.29, 0.717) is 56.1 Å². The molecular formula is C21H26N4O5. The molecule has 3 amide bonds. The van der Waals surface area contributed by atoms with Crippen LogP contribution in [0.2, 0.25) is 0 Å². The summed E-state index contributed by atoms with van der Waals surface area (Å²) in [4.78, 5) is 44.0. The number of ether oxygens (including phenoxy) is 1. The third-order valence-corrected chi connectivity index (χ3v) is 5.24. The number of aromatic nitrogens is 1. The smallest absolute Gasteiger partial charge is 0.410 e. The Balaban J connectivity index is 1.44. The summed E-state index contributed by atoms with van der Waals surface area (Å²) in [5, 5.41) is 2.39. The van der Waals surface area contributed by atoms with E-state index in [4.69, 9.17) is 9.15 Å². The minimum Gasteiger partial charge on any atom is -0.444 e. The average Bonchev–Trinajstić information content (AvgIpc) is 3.10. The molecule has 1 aromatic carbocycles. The number of anilines is 1. The van der Waals surface area contributed by atoms with Crippen LogP contribution in [-0.4, -0.2) is 59.6 Å². The summed E-state index contributed by atoms with van der Waals surface area (Å²) < 4.78 is 11.4. The molecule has 3 heterocycles. The topological polar surface area (TPSA) is 105 Å². The zero-order valence-corrected chi connectivity index (χ0v) is 17.4. The van der Waals surface area contributed by atoms with Crippen LogP contribution >= 0.6 is 0 Å². The van der Waals surface area contributed by atoms with E-state index >= 15 is 0 Å². The highest BCUT2D eigenvalue weighted by Crippen LogP contribution is 2.30. The number of oxazole rings is 1. The zero-order chi connectivity index (χ0) is 21.5. The van der Waals surface area contributed by atoms with E-state index in [1.165, 1.54) is 0 Å². The molecule has 0 spiro atoms. The first-order chi connectivity index (χ1) is 14.2. The quantitative estimate of drug-likeness (QED) is 0.753. The van der Waals surface area contributed by atoms with Crippen LogP contribution in [0.15, 0.2) is 22.6 Å². The van der Waals surface area contributed by atoms with Gasteiger partial charge in [0, 0.05) is 32.6 Å². The Morgan fingerprint density at radius 1 is 1.20 bits per heavy atom. The van der Waals surface area contributed by atoms with Crippen molar-refractivity contribution >= 4 is 35.0 Å². The molecule has 1 unspecified atom stereocenters. The summed E-state index contributed by atoms with van der Waals surface area (Å²) in [7, 11) is 0. The highest BCUT2D eigenvalue weighted by atomic mass is 16.6. The number of nitrogens with zero attached hydrogens (tertiary/aromatic N) is 3. The third kappa shape index (κ3) is 4.24. The molecule has 9 nitrogen and oxygen atoms in total. The lowest BCUT2D eigenvalue weighted by molar-refractivity contribution is -0.134. The molecule has 30 heavy (non-hydrogen) atoms. The molecule has 4 rings (SSSR count). The number of piperazine rings is 1. The predicted molar refractivity (Wildman–Crippen MR) is 109 cm³/mol. The van der Waals surface area contributed by atoms with Crippen LogP contribution in [0, 0.1) is 0 Å². The molecule has 0 bridgehead atoms. The molecule has 0 saturated carbocycles. The number of hydrogen-bond acceptors (Lipinski definition) is 7.